The third-order valence-electron chi connectivity index (χ3n) is 4.26. The van der Waals surface area contributed by atoms with E-state index in [1.165, 1.54) is 4.90 Å². The first kappa shape index (κ1) is 17.6. The second-order valence-corrected chi connectivity index (χ2v) is 6.71. The van der Waals surface area contributed by atoms with Crippen molar-refractivity contribution in [3.63, 3.8) is 0 Å². The summed E-state index contributed by atoms with van der Waals surface area (Å²) in [6.45, 7) is 3.66. The van der Waals surface area contributed by atoms with E-state index in [4.69, 9.17) is 4.11 Å². The first-order chi connectivity index (χ1) is 14.4. The van der Waals surface area contributed by atoms with Gasteiger partial charge in [-0.15, -0.1) is 5.06 Å². The topological polar surface area (TPSA) is 125 Å². The summed E-state index contributed by atoms with van der Waals surface area (Å²) in [7, 11) is 0. The minimum Gasteiger partial charge on any atom is -0.355 e. The summed E-state index contributed by atoms with van der Waals surface area (Å²) in [5.74, 6) is -3.30. The third kappa shape index (κ3) is 6.01. The van der Waals surface area contributed by atoms with Crippen molar-refractivity contribution < 1.29 is 32.9 Å². The molecule has 10 heteroatoms. The highest BCUT2D eigenvalue weighted by Gasteiger charge is 2.33. The van der Waals surface area contributed by atoms with Crippen molar-refractivity contribution in [1.29, 1.82) is 0 Å². The molecule has 0 aliphatic carbocycles. The molecule has 4 amide bonds. The van der Waals surface area contributed by atoms with E-state index in [9.17, 15) is 24.0 Å². The number of nitrogens with one attached hydrogen (secondary N) is 2. The zero-order valence-electron chi connectivity index (χ0n) is 19.1. The molecule has 10 nitrogen and oxygen atoms in total. The third-order valence-corrected chi connectivity index (χ3v) is 4.26. The molecule has 156 valence electrons. The van der Waals surface area contributed by atoms with Crippen molar-refractivity contribution in [2.24, 2.45) is 0 Å². The van der Waals surface area contributed by atoms with Crippen molar-refractivity contribution in [1.82, 2.24) is 20.6 Å². The van der Waals surface area contributed by atoms with Crippen LogP contribution in [0, 0.1) is 0 Å². The van der Waals surface area contributed by atoms with Gasteiger partial charge in [0.15, 0.2) is 0 Å². The van der Waals surface area contributed by atoms with Crippen LogP contribution in [0.25, 0.3) is 0 Å². The number of likely N-dealkylation sites (tertiary alicyclic amines) is 1. The average Bonchev–Trinajstić information content (AvgIpc) is 3.12. The van der Waals surface area contributed by atoms with E-state index in [-0.39, 0.29) is 57.8 Å². The Morgan fingerprint density at radius 3 is 2.46 bits per heavy atom. The van der Waals surface area contributed by atoms with Gasteiger partial charge in [-0.25, -0.2) is 4.79 Å². The van der Waals surface area contributed by atoms with Crippen LogP contribution in [-0.4, -0.2) is 71.3 Å². The van der Waals surface area contributed by atoms with E-state index in [2.05, 4.69) is 15.5 Å². The first-order valence-corrected chi connectivity index (χ1v) is 9.28. The maximum absolute atomic E-state index is 12.6. The fourth-order valence-corrected chi connectivity index (χ4v) is 2.81. The summed E-state index contributed by atoms with van der Waals surface area (Å²) in [6.07, 6.45) is -2.37. The molecular weight excluding hydrogens is 368 g/mol. The lowest BCUT2D eigenvalue weighted by atomic mass is 10.2. The zero-order valence-corrected chi connectivity index (χ0v) is 16.1. The van der Waals surface area contributed by atoms with Gasteiger partial charge < -0.3 is 15.5 Å². The molecule has 2 aliphatic heterocycles. The molecule has 1 unspecified atom stereocenters. The van der Waals surface area contributed by atoms with Crippen molar-refractivity contribution in [2.45, 2.75) is 64.4 Å². The van der Waals surface area contributed by atoms with Gasteiger partial charge in [0.2, 0.25) is 11.8 Å². The van der Waals surface area contributed by atoms with Gasteiger partial charge in [-0.2, -0.15) is 0 Å². The number of hydrogen-bond donors (Lipinski definition) is 2. The highest BCUT2D eigenvalue weighted by molar-refractivity contribution is 6.01. The molecule has 0 spiro atoms. The van der Waals surface area contributed by atoms with Crippen LogP contribution in [-0.2, 0) is 28.8 Å². The fourth-order valence-electron chi connectivity index (χ4n) is 2.81. The predicted molar refractivity (Wildman–Crippen MR) is 97.3 cm³/mol. The Morgan fingerprint density at radius 2 is 1.82 bits per heavy atom. The Morgan fingerprint density at radius 1 is 1.18 bits per heavy atom. The highest BCUT2D eigenvalue weighted by Crippen LogP contribution is 2.19. The number of hydrogen-bond acceptors (Lipinski definition) is 7. The van der Waals surface area contributed by atoms with Crippen molar-refractivity contribution >= 4 is 29.6 Å². The number of rotatable bonds is 9. The van der Waals surface area contributed by atoms with Crippen LogP contribution in [0.2, 0.25) is 0 Å². The molecule has 0 saturated carbocycles. The molecule has 0 bridgehead atoms. The molecule has 0 radical (unpaired) electrons. The van der Waals surface area contributed by atoms with Gasteiger partial charge in [0.1, 0.15) is 0 Å². The molecule has 0 aromatic heterocycles. The summed E-state index contributed by atoms with van der Waals surface area (Å²) in [5, 5.41) is 5.33. The Labute approximate surface area is 168 Å². The molecule has 1 atom stereocenters. The molecular formula is C18H28N4O6. The number of amides is 4. The Kier molecular flexibility index (Phi) is 6.39. The largest absolute Gasteiger partial charge is 0.355 e. The van der Waals surface area contributed by atoms with E-state index < -0.39 is 42.0 Å². The van der Waals surface area contributed by atoms with Gasteiger partial charge in [0.05, 0.1) is 13.8 Å². The number of carbonyl (C=O) groups excluding carboxylic acids is 5. The molecule has 2 heterocycles. The van der Waals surface area contributed by atoms with Crippen LogP contribution in [0.1, 0.15) is 56.4 Å². The zero-order chi connectivity index (χ0) is 23.4. The summed E-state index contributed by atoms with van der Waals surface area (Å²) >= 11 is 0. The Bertz CT molecular complexity index is 747. The summed E-state index contributed by atoms with van der Waals surface area (Å²) in [5.41, 5.74) is 0. The van der Waals surface area contributed by atoms with Gasteiger partial charge in [0, 0.05) is 41.1 Å². The van der Waals surface area contributed by atoms with Gasteiger partial charge >= 0.3 is 5.97 Å². The predicted octanol–water partition coefficient (Wildman–Crippen LogP) is -0.521. The molecule has 2 aliphatic rings. The van der Waals surface area contributed by atoms with Crippen molar-refractivity contribution in [2.75, 3.05) is 19.6 Å². The lowest BCUT2D eigenvalue weighted by Crippen LogP contribution is -2.46. The van der Waals surface area contributed by atoms with Gasteiger partial charge in [-0.1, -0.05) is 0 Å². The van der Waals surface area contributed by atoms with Crippen LogP contribution < -0.4 is 10.6 Å². The highest BCUT2D eigenvalue weighted by atomic mass is 16.7. The second kappa shape index (κ2) is 10.2. The molecule has 2 N–H and O–H groups in total. The van der Waals surface area contributed by atoms with Crippen LogP contribution in [0.3, 0.4) is 0 Å². The molecule has 2 saturated heterocycles. The average molecular weight is 399 g/mol. The van der Waals surface area contributed by atoms with Crippen LogP contribution in [0.5, 0.6) is 0 Å². The fraction of sp³-hybridized carbons (Fsp3) is 0.722. The summed E-state index contributed by atoms with van der Waals surface area (Å²) < 4.78 is 24.6. The number of carbonyl (C=O) groups is 5. The molecule has 28 heavy (non-hydrogen) atoms. The lowest BCUT2D eigenvalue weighted by Gasteiger charge is -2.27. The SMILES string of the molecule is [2H]C1([2H])CCN(C(C)C)C1([2H])C(=O)NCCC(=O)NCCC(=O)ON1C(=O)CCC1=O. The maximum Gasteiger partial charge on any atom is 0.334 e. The van der Waals surface area contributed by atoms with Crippen LogP contribution in [0.15, 0.2) is 0 Å². The van der Waals surface area contributed by atoms with Gasteiger partial charge in [-0.3, -0.25) is 24.1 Å². The lowest BCUT2D eigenvalue weighted by molar-refractivity contribution is -0.197. The molecule has 2 rings (SSSR count). The number of nitrogens with zero attached hydrogens (tertiary/aromatic N) is 2. The van der Waals surface area contributed by atoms with E-state index in [0.29, 0.717) is 5.06 Å². The summed E-state index contributed by atoms with van der Waals surface area (Å²) in [6, 6.07) is -2.28. The van der Waals surface area contributed by atoms with Crippen molar-refractivity contribution in [3.05, 3.63) is 0 Å². The summed E-state index contributed by atoms with van der Waals surface area (Å²) in [4.78, 5) is 65.0. The van der Waals surface area contributed by atoms with Crippen LogP contribution >= 0.6 is 0 Å². The van der Waals surface area contributed by atoms with Gasteiger partial charge in [-0.05, 0) is 33.2 Å². The van der Waals surface area contributed by atoms with E-state index in [1.807, 2.05) is 0 Å². The number of hydroxylamine groups is 2. The minimum absolute atomic E-state index is 0.00926. The number of imide groups is 1. The standard InChI is InChI=1S/C18H28N4O6/c1-12(2)21-11-3-4-13(21)18(27)20-9-7-14(23)19-10-8-17(26)28-22-15(24)5-6-16(22)25/h12-13H,3-11H2,1-2H3,(H,19,23)(H,20,27)/i4D2,13D. The second-order valence-electron chi connectivity index (χ2n) is 6.71. The van der Waals surface area contributed by atoms with E-state index in [0.717, 1.165) is 0 Å². The first-order valence-electron chi connectivity index (χ1n) is 10.8. The van der Waals surface area contributed by atoms with E-state index >= 15 is 0 Å². The molecule has 0 aromatic rings. The minimum atomic E-state index is -2.08. The Balaban J connectivity index is 1.72. The Hall–Kier alpha value is -2.49. The van der Waals surface area contributed by atoms with E-state index in [1.54, 1.807) is 13.8 Å². The maximum atomic E-state index is 12.6. The molecule has 0 aromatic carbocycles. The quantitative estimate of drug-likeness (QED) is 0.500. The van der Waals surface area contributed by atoms with Crippen LogP contribution in [0.4, 0.5) is 0 Å². The van der Waals surface area contributed by atoms with Crippen molar-refractivity contribution in [3.8, 4) is 0 Å². The smallest absolute Gasteiger partial charge is 0.334 e. The monoisotopic (exact) mass is 399 g/mol. The van der Waals surface area contributed by atoms with Gasteiger partial charge in [0.25, 0.3) is 11.8 Å². The molecule has 2 fully saturated rings. The normalized spacial score (nSPS) is 26.0.